The van der Waals surface area contributed by atoms with E-state index < -0.39 is 4.92 Å². The zero-order valence-electron chi connectivity index (χ0n) is 9.21. The number of nitrogens with zero attached hydrogens (tertiary/aromatic N) is 2. The number of pyridine rings is 1. The number of furan rings is 1. The molecule has 1 N–H and O–H groups in total. The lowest BCUT2D eigenvalue weighted by atomic mass is 10.4. The van der Waals surface area contributed by atoms with E-state index in [-0.39, 0.29) is 5.69 Å². The zero-order chi connectivity index (χ0) is 12.3. The normalized spacial score (nSPS) is 10.2. The number of nitro groups is 1. The van der Waals surface area contributed by atoms with E-state index >= 15 is 0 Å². The molecule has 0 saturated carbocycles. The monoisotopic (exact) mass is 233 g/mol. The van der Waals surface area contributed by atoms with Gasteiger partial charge in [-0.2, -0.15) is 0 Å². The summed E-state index contributed by atoms with van der Waals surface area (Å²) in [6, 6.07) is 6.44. The van der Waals surface area contributed by atoms with Crippen molar-refractivity contribution in [1.29, 1.82) is 0 Å². The molecule has 6 heteroatoms. The molecule has 0 spiro atoms. The summed E-state index contributed by atoms with van der Waals surface area (Å²) in [6.07, 6.45) is 1.40. The van der Waals surface area contributed by atoms with Crippen LogP contribution in [0.25, 0.3) is 0 Å². The van der Waals surface area contributed by atoms with E-state index in [2.05, 4.69) is 10.3 Å². The second-order valence-corrected chi connectivity index (χ2v) is 3.52. The lowest BCUT2D eigenvalue weighted by molar-refractivity contribution is -0.384. The molecule has 2 aromatic heterocycles. The third kappa shape index (κ3) is 2.81. The van der Waals surface area contributed by atoms with Crippen LogP contribution in [0, 0.1) is 17.0 Å². The molecule has 0 aromatic carbocycles. The Morgan fingerprint density at radius 1 is 1.47 bits per heavy atom. The van der Waals surface area contributed by atoms with Crippen LogP contribution < -0.4 is 5.32 Å². The second-order valence-electron chi connectivity index (χ2n) is 3.52. The molecule has 6 nitrogen and oxygen atoms in total. The molecule has 0 saturated heterocycles. The van der Waals surface area contributed by atoms with Crippen molar-refractivity contribution in [1.82, 2.24) is 4.98 Å². The van der Waals surface area contributed by atoms with E-state index in [9.17, 15) is 10.1 Å². The number of anilines is 1. The SMILES string of the molecule is Cc1ccc(CNc2cc([N+](=O)[O-])ccn2)o1. The van der Waals surface area contributed by atoms with Gasteiger partial charge in [-0.3, -0.25) is 10.1 Å². The minimum absolute atomic E-state index is 0.0122. The summed E-state index contributed by atoms with van der Waals surface area (Å²) in [7, 11) is 0. The first kappa shape index (κ1) is 11.1. The van der Waals surface area contributed by atoms with Crippen molar-refractivity contribution < 1.29 is 9.34 Å². The summed E-state index contributed by atoms with van der Waals surface area (Å²) >= 11 is 0. The summed E-state index contributed by atoms with van der Waals surface area (Å²) in [5.41, 5.74) is 0.0122. The predicted molar refractivity (Wildman–Crippen MR) is 61.7 cm³/mol. The van der Waals surface area contributed by atoms with Crippen molar-refractivity contribution in [2.75, 3.05) is 5.32 Å². The van der Waals surface area contributed by atoms with Crippen LogP contribution >= 0.6 is 0 Å². The van der Waals surface area contributed by atoms with Gasteiger partial charge in [-0.15, -0.1) is 0 Å². The average molecular weight is 233 g/mol. The van der Waals surface area contributed by atoms with Gasteiger partial charge in [0.2, 0.25) is 0 Å². The highest BCUT2D eigenvalue weighted by atomic mass is 16.6. The minimum atomic E-state index is -0.454. The zero-order valence-corrected chi connectivity index (χ0v) is 9.21. The maximum Gasteiger partial charge on any atom is 0.274 e. The van der Waals surface area contributed by atoms with Crippen molar-refractivity contribution in [3.8, 4) is 0 Å². The van der Waals surface area contributed by atoms with E-state index in [1.807, 2.05) is 19.1 Å². The molecule has 2 aromatic rings. The van der Waals surface area contributed by atoms with Crippen LogP contribution in [0.2, 0.25) is 0 Å². The molecular formula is C11H11N3O3. The molecule has 0 radical (unpaired) electrons. The van der Waals surface area contributed by atoms with Gasteiger partial charge in [-0.05, 0) is 19.1 Å². The molecule has 2 heterocycles. The van der Waals surface area contributed by atoms with Crippen molar-refractivity contribution in [2.45, 2.75) is 13.5 Å². The molecule has 88 valence electrons. The molecule has 0 amide bonds. The Hall–Kier alpha value is -2.37. The molecule has 0 aliphatic heterocycles. The van der Waals surface area contributed by atoms with Crippen LogP contribution in [-0.4, -0.2) is 9.91 Å². The van der Waals surface area contributed by atoms with Crippen LogP contribution in [0.3, 0.4) is 0 Å². The van der Waals surface area contributed by atoms with Gasteiger partial charge in [0, 0.05) is 12.3 Å². The van der Waals surface area contributed by atoms with Crippen LogP contribution in [-0.2, 0) is 6.54 Å². The summed E-state index contributed by atoms with van der Waals surface area (Å²) in [5.74, 6) is 2.04. The number of hydrogen-bond acceptors (Lipinski definition) is 5. The van der Waals surface area contributed by atoms with Gasteiger partial charge < -0.3 is 9.73 Å². The Kier molecular flexibility index (Phi) is 3.04. The molecule has 2 rings (SSSR count). The third-order valence-corrected chi connectivity index (χ3v) is 2.19. The lowest BCUT2D eigenvalue weighted by Gasteiger charge is -2.02. The Labute approximate surface area is 97.4 Å². The quantitative estimate of drug-likeness (QED) is 0.648. The van der Waals surface area contributed by atoms with Crippen LogP contribution in [0.1, 0.15) is 11.5 Å². The molecule has 0 fully saturated rings. The largest absolute Gasteiger partial charge is 0.465 e. The highest BCUT2D eigenvalue weighted by Crippen LogP contribution is 2.15. The van der Waals surface area contributed by atoms with Gasteiger partial charge in [0.05, 0.1) is 17.5 Å². The Morgan fingerprint density at radius 2 is 2.29 bits per heavy atom. The molecule has 0 aliphatic rings. The maximum atomic E-state index is 10.6. The molecule has 17 heavy (non-hydrogen) atoms. The third-order valence-electron chi connectivity index (χ3n) is 2.19. The van der Waals surface area contributed by atoms with Crippen molar-refractivity contribution in [3.63, 3.8) is 0 Å². The van der Waals surface area contributed by atoms with E-state index in [0.717, 1.165) is 11.5 Å². The highest BCUT2D eigenvalue weighted by molar-refractivity contribution is 5.44. The van der Waals surface area contributed by atoms with Gasteiger partial charge in [0.1, 0.15) is 17.3 Å². The Balaban J connectivity index is 2.04. The number of aryl methyl sites for hydroxylation is 1. The second kappa shape index (κ2) is 4.65. The highest BCUT2D eigenvalue weighted by Gasteiger charge is 2.06. The van der Waals surface area contributed by atoms with Crippen molar-refractivity contribution in [2.24, 2.45) is 0 Å². The van der Waals surface area contributed by atoms with E-state index in [0.29, 0.717) is 12.4 Å². The fourth-order valence-electron chi connectivity index (χ4n) is 1.39. The average Bonchev–Trinajstić information content (AvgIpc) is 2.73. The Bertz CT molecular complexity index is 536. The number of nitrogens with one attached hydrogen (secondary N) is 1. The summed E-state index contributed by atoms with van der Waals surface area (Å²) in [6.45, 7) is 2.30. The van der Waals surface area contributed by atoms with Crippen molar-refractivity contribution in [3.05, 3.63) is 52.1 Å². The fraction of sp³-hybridized carbons (Fsp3) is 0.182. The molecule has 0 bridgehead atoms. The standard InChI is InChI=1S/C11H11N3O3/c1-8-2-3-10(17-8)7-13-11-6-9(14(15)16)4-5-12-11/h2-6H,7H2,1H3,(H,12,13). The van der Waals surface area contributed by atoms with E-state index in [4.69, 9.17) is 4.42 Å². The lowest BCUT2D eigenvalue weighted by Crippen LogP contribution is -2.00. The van der Waals surface area contributed by atoms with E-state index in [1.54, 1.807) is 0 Å². The van der Waals surface area contributed by atoms with Crippen molar-refractivity contribution >= 4 is 11.5 Å². The van der Waals surface area contributed by atoms with Crippen LogP contribution in [0.15, 0.2) is 34.9 Å². The van der Waals surface area contributed by atoms with Gasteiger partial charge in [-0.25, -0.2) is 4.98 Å². The van der Waals surface area contributed by atoms with Gasteiger partial charge in [0.15, 0.2) is 0 Å². The summed E-state index contributed by atoms with van der Waals surface area (Å²) < 4.78 is 5.36. The van der Waals surface area contributed by atoms with Gasteiger partial charge >= 0.3 is 0 Å². The van der Waals surface area contributed by atoms with E-state index in [1.165, 1.54) is 18.3 Å². The smallest absolute Gasteiger partial charge is 0.274 e. The Morgan fingerprint density at radius 3 is 2.94 bits per heavy atom. The topological polar surface area (TPSA) is 81.2 Å². The molecule has 0 atom stereocenters. The summed E-state index contributed by atoms with van der Waals surface area (Å²) in [4.78, 5) is 14.1. The predicted octanol–water partition coefficient (Wildman–Crippen LogP) is 2.50. The fourth-order valence-corrected chi connectivity index (χ4v) is 1.39. The molecular weight excluding hydrogens is 222 g/mol. The van der Waals surface area contributed by atoms with Crippen LogP contribution in [0.5, 0.6) is 0 Å². The maximum absolute atomic E-state index is 10.6. The van der Waals surface area contributed by atoms with Crippen LogP contribution in [0.4, 0.5) is 11.5 Å². The van der Waals surface area contributed by atoms with Gasteiger partial charge in [0.25, 0.3) is 5.69 Å². The first-order valence-corrected chi connectivity index (χ1v) is 5.05. The number of hydrogen-bond donors (Lipinski definition) is 1. The van der Waals surface area contributed by atoms with Gasteiger partial charge in [-0.1, -0.05) is 0 Å². The first-order valence-electron chi connectivity index (χ1n) is 5.05. The first-order chi connectivity index (χ1) is 8.15. The minimum Gasteiger partial charge on any atom is -0.465 e. The number of rotatable bonds is 4. The molecule has 0 aliphatic carbocycles. The summed E-state index contributed by atoms with van der Waals surface area (Å²) in [5, 5.41) is 13.5. The molecule has 0 unspecified atom stereocenters. The number of aromatic nitrogens is 1.